The zero-order valence-corrected chi connectivity index (χ0v) is 14.4. The van der Waals surface area contributed by atoms with Crippen LogP contribution in [0.1, 0.15) is 31.1 Å². The molecule has 2 aromatic rings. The average Bonchev–Trinajstić information content (AvgIpc) is 2.58. The lowest BCUT2D eigenvalue weighted by molar-refractivity contribution is 0.152. The molecule has 1 heterocycles. The van der Waals surface area contributed by atoms with Gasteiger partial charge in [0.1, 0.15) is 17.5 Å². The van der Waals surface area contributed by atoms with Gasteiger partial charge in [-0.1, -0.05) is 24.3 Å². The van der Waals surface area contributed by atoms with Gasteiger partial charge >= 0.3 is 0 Å². The predicted molar refractivity (Wildman–Crippen MR) is 93.6 cm³/mol. The molecule has 1 aliphatic rings. The van der Waals surface area contributed by atoms with E-state index in [1.54, 1.807) is 26.4 Å². The van der Waals surface area contributed by atoms with Gasteiger partial charge in [-0.3, -0.25) is 0 Å². The first kappa shape index (κ1) is 16.4. The molecule has 0 spiro atoms. The zero-order valence-electron chi connectivity index (χ0n) is 14.4. The minimum atomic E-state index is -0.783. The van der Waals surface area contributed by atoms with Crippen LogP contribution in [0.2, 0.25) is 0 Å². The van der Waals surface area contributed by atoms with Crippen LogP contribution in [0.15, 0.2) is 48.5 Å². The van der Waals surface area contributed by atoms with Crippen molar-refractivity contribution < 1.29 is 19.3 Å². The standard InChI is InChI=1S/C20H22O4/c1-20(2)12-15(14-7-5-6-8-16(14)24-20)19(21)13-9-10-17(22-3)18(11-13)23-4/h5-12,19,21H,1-4H3. The van der Waals surface area contributed by atoms with E-state index in [1.807, 2.05) is 50.3 Å². The maximum Gasteiger partial charge on any atom is 0.161 e. The largest absolute Gasteiger partial charge is 0.493 e. The van der Waals surface area contributed by atoms with E-state index in [2.05, 4.69) is 0 Å². The number of hydrogen-bond acceptors (Lipinski definition) is 4. The monoisotopic (exact) mass is 326 g/mol. The molecule has 0 radical (unpaired) electrons. The van der Waals surface area contributed by atoms with Crippen molar-refractivity contribution in [2.75, 3.05) is 14.2 Å². The van der Waals surface area contributed by atoms with Gasteiger partial charge in [-0.15, -0.1) is 0 Å². The second kappa shape index (κ2) is 6.21. The molecule has 126 valence electrons. The van der Waals surface area contributed by atoms with Gasteiger partial charge in [-0.25, -0.2) is 0 Å². The Morgan fingerprint density at radius 1 is 1.00 bits per heavy atom. The van der Waals surface area contributed by atoms with Gasteiger partial charge in [0.25, 0.3) is 0 Å². The summed E-state index contributed by atoms with van der Waals surface area (Å²) >= 11 is 0. The Morgan fingerprint density at radius 2 is 1.71 bits per heavy atom. The molecule has 1 unspecified atom stereocenters. The lowest BCUT2D eigenvalue weighted by Crippen LogP contribution is -2.30. The molecule has 0 aliphatic carbocycles. The van der Waals surface area contributed by atoms with Crippen LogP contribution in [0.25, 0.3) is 5.57 Å². The normalized spacial score (nSPS) is 16.5. The molecule has 1 aliphatic heterocycles. The van der Waals surface area contributed by atoms with Crippen molar-refractivity contribution >= 4 is 5.57 Å². The minimum absolute atomic E-state index is 0.485. The molecular weight excluding hydrogens is 304 g/mol. The summed E-state index contributed by atoms with van der Waals surface area (Å²) in [6.45, 7) is 3.95. The van der Waals surface area contributed by atoms with Crippen molar-refractivity contribution in [1.82, 2.24) is 0 Å². The third kappa shape index (κ3) is 2.97. The Morgan fingerprint density at radius 3 is 2.42 bits per heavy atom. The predicted octanol–water partition coefficient (Wildman–Crippen LogP) is 3.99. The Hall–Kier alpha value is -2.46. The number of para-hydroxylation sites is 1. The molecule has 0 amide bonds. The van der Waals surface area contributed by atoms with Crippen LogP contribution in [0.5, 0.6) is 17.2 Å². The molecule has 0 aromatic heterocycles. The van der Waals surface area contributed by atoms with E-state index < -0.39 is 11.7 Å². The van der Waals surface area contributed by atoms with Crippen molar-refractivity contribution in [3.05, 3.63) is 59.7 Å². The second-order valence-corrected chi connectivity index (χ2v) is 6.32. The van der Waals surface area contributed by atoms with Crippen LogP contribution in [0, 0.1) is 0 Å². The summed E-state index contributed by atoms with van der Waals surface area (Å²) < 4.78 is 16.6. The van der Waals surface area contributed by atoms with Gasteiger partial charge in [0.15, 0.2) is 11.5 Å². The van der Waals surface area contributed by atoms with Gasteiger partial charge in [0.2, 0.25) is 0 Å². The highest BCUT2D eigenvalue weighted by Crippen LogP contribution is 2.43. The fraction of sp³-hybridized carbons (Fsp3) is 0.300. The van der Waals surface area contributed by atoms with E-state index >= 15 is 0 Å². The van der Waals surface area contributed by atoms with Crippen LogP contribution in [0.4, 0.5) is 0 Å². The first-order valence-corrected chi connectivity index (χ1v) is 7.86. The molecule has 3 rings (SSSR count). The Kier molecular flexibility index (Phi) is 4.24. The molecule has 4 heteroatoms. The highest BCUT2D eigenvalue weighted by molar-refractivity contribution is 5.77. The highest BCUT2D eigenvalue weighted by atomic mass is 16.5. The average molecular weight is 326 g/mol. The van der Waals surface area contributed by atoms with Crippen molar-refractivity contribution in [3.8, 4) is 17.2 Å². The lowest BCUT2D eigenvalue weighted by atomic mass is 9.88. The SMILES string of the molecule is COc1ccc(C(O)C2=CC(C)(C)Oc3ccccc32)cc1OC. The number of fused-ring (bicyclic) bond motifs is 1. The van der Waals surface area contributed by atoms with E-state index in [9.17, 15) is 5.11 Å². The Labute approximate surface area is 142 Å². The third-order valence-corrected chi connectivity index (χ3v) is 4.09. The summed E-state index contributed by atoms with van der Waals surface area (Å²) in [5, 5.41) is 11.0. The number of aliphatic hydroxyl groups is 1. The van der Waals surface area contributed by atoms with Gasteiger partial charge in [-0.2, -0.15) is 0 Å². The molecule has 2 aromatic carbocycles. The second-order valence-electron chi connectivity index (χ2n) is 6.32. The number of rotatable bonds is 4. The van der Waals surface area contributed by atoms with Gasteiger partial charge in [0.05, 0.1) is 14.2 Å². The maximum absolute atomic E-state index is 11.0. The van der Waals surface area contributed by atoms with Crippen LogP contribution in [0.3, 0.4) is 0 Å². The topological polar surface area (TPSA) is 47.9 Å². The Bertz CT molecular complexity index is 777. The van der Waals surface area contributed by atoms with E-state index in [-0.39, 0.29) is 0 Å². The molecule has 1 atom stereocenters. The molecule has 0 saturated carbocycles. The lowest BCUT2D eigenvalue weighted by Gasteiger charge is -2.32. The number of benzene rings is 2. The smallest absolute Gasteiger partial charge is 0.161 e. The summed E-state index contributed by atoms with van der Waals surface area (Å²) in [4.78, 5) is 0. The first-order chi connectivity index (χ1) is 11.4. The quantitative estimate of drug-likeness (QED) is 0.923. The van der Waals surface area contributed by atoms with Crippen LogP contribution < -0.4 is 14.2 Å². The van der Waals surface area contributed by atoms with Crippen LogP contribution in [-0.4, -0.2) is 24.9 Å². The van der Waals surface area contributed by atoms with E-state index in [0.717, 1.165) is 22.4 Å². The Balaban J connectivity index is 2.05. The molecule has 24 heavy (non-hydrogen) atoms. The summed E-state index contributed by atoms with van der Waals surface area (Å²) in [7, 11) is 3.17. The zero-order chi connectivity index (χ0) is 17.3. The van der Waals surface area contributed by atoms with Gasteiger partial charge in [0, 0.05) is 5.56 Å². The van der Waals surface area contributed by atoms with Crippen molar-refractivity contribution in [2.24, 2.45) is 0 Å². The fourth-order valence-corrected chi connectivity index (χ4v) is 2.99. The third-order valence-electron chi connectivity index (χ3n) is 4.09. The fourth-order valence-electron chi connectivity index (χ4n) is 2.99. The summed E-state index contributed by atoms with van der Waals surface area (Å²) in [6.07, 6.45) is 1.19. The summed E-state index contributed by atoms with van der Waals surface area (Å²) in [5.74, 6) is 2.00. The molecular formula is C20H22O4. The summed E-state index contributed by atoms with van der Waals surface area (Å²) in [5.41, 5.74) is 1.99. The molecule has 4 nitrogen and oxygen atoms in total. The van der Waals surface area contributed by atoms with Gasteiger partial charge < -0.3 is 19.3 Å². The van der Waals surface area contributed by atoms with Crippen molar-refractivity contribution in [2.45, 2.75) is 25.6 Å². The van der Waals surface area contributed by atoms with Gasteiger partial charge in [-0.05, 0) is 49.3 Å². The van der Waals surface area contributed by atoms with E-state index in [1.165, 1.54) is 0 Å². The summed E-state index contributed by atoms with van der Waals surface area (Å²) in [6, 6.07) is 13.2. The molecule has 0 bridgehead atoms. The molecule has 0 fully saturated rings. The molecule has 0 saturated heterocycles. The number of methoxy groups -OCH3 is 2. The van der Waals surface area contributed by atoms with Crippen LogP contribution >= 0.6 is 0 Å². The maximum atomic E-state index is 11.0. The number of ether oxygens (including phenoxy) is 3. The van der Waals surface area contributed by atoms with Crippen molar-refractivity contribution in [3.63, 3.8) is 0 Å². The van der Waals surface area contributed by atoms with Crippen molar-refractivity contribution in [1.29, 1.82) is 0 Å². The first-order valence-electron chi connectivity index (χ1n) is 7.86. The van der Waals surface area contributed by atoms with E-state index in [4.69, 9.17) is 14.2 Å². The minimum Gasteiger partial charge on any atom is -0.493 e. The number of aliphatic hydroxyl groups excluding tert-OH is 1. The highest BCUT2D eigenvalue weighted by Gasteiger charge is 2.30. The molecule has 1 N–H and O–H groups in total. The number of hydrogen-bond donors (Lipinski definition) is 1. The van der Waals surface area contributed by atoms with Crippen LogP contribution in [-0.2, 0) is 0 Å². The van der Waals surface area contributed by atoms with E-state index in [0.29, 0.717) is 11.5 Å².